The van der Waals surface area contributed by atoms with E-state index in [0.29, 0.717) is 35.0 Å². The van der Waals surface area contributed by atoms with E-state index >= 15 is 0 Å². The first kappa shape index (κ1) is 23.2. The molecule has 1 fully saturated rings. The van der Waals surface area contributed by atoms with Crippen LogP contribution in [0.1, 0.15) is 37.3 Å². The van der Waals surface area contributed by atoms with Gasteiger partial charge in [-0.25, -0.2) is 9.18 Å². The molecule has 1 saturated heterocycles. The third-order valence-electron chi connectivity index (χ3n) is 6.94. The van der Waals surface area contributed by atoms with Crippen LogP contribution in [0.4, 0.5) is 4.39 Å². The van der Waals surface area contributed by atoms with E-state index in [-0.39, 0.29) is 5.82 Å². The molecular formula is C27H24BrFN2O5. The summed E-state index contributed by atoms with van der Waals surface area (Å²) in [6.07, 6.45) is 5.43. The lowest BCUT2D eigenvalue weighted by molar-refractivity contribution is 0.199. The molecule has 0 radical (unpaired) electrons. The highest BCUT2D eigenvalue weighted by Crippen LogP contribution is 2.41. The minimum Gasteiger partial charge on any atom is -0.486 e. The van der Waals surface area contributed by atoms with Crippen LogP contribution in [-0.4, -0.2) is 36.3 Å². The Hall–Kier alpha value is -3.17. The molecule has 0 spiro atoms. The summed E-state index contributed by atoms with van der Waals surface area (Å²) in [7, 11) is 0. The topological polar surface area (TPSA) is 81.9 Å². The Kier molecular flexibility index (Phi) is 6.27. The van der Waals surface area contributed by atoms with Gasteiger partial charge in [0.25, 0.3) is 0 Å². The third kappa shape index (κ3) is 4.30. The molecule has 0 atom stereocenters. The maximum atomic E-state index is 13.4. The van der Waals surface area contributed by atoms with Crippen LogP contribution >= 0.6 is 15.9 Å². The minimum absolute atomic E-state index is 0.310. The molecule has 6 rings (SSSR count). The maximum Gasteiger partial charge on any atom is 0.336 e. The van der Waals surface area contributed by atoms with E-state index in [9.17, 15) is 9.18 Å². The molecule has 0 amide bonds. The molecule has 0 saturated carbocycles. The lowest BCUT2D eigenvalue weighted by atomic mass is 9.91. The standard InChI is InChI=1S/C27H24BrFN2O5/c28-23-19-5-6-22(32)35-26(19)27(25-20(23)9-14-34-25)33-13-2-1-10-31-11-7-16(8-12-31)24-18-4-3-17(29)15-21(18)36-30-24/h3-6,9,14-16H,1-2,7-8,10-13H2. The van der Waals surface area contributed by atoms with E-state index < -0.39 is 5.63 Å². The summed E-state index contributed by atoms with van der Waals surface area (Å²) in [5.41, 5.74) is 1.98. The lowest BCUT2D eigenvalue weighted by Crippen LogP contribution is -2.34. The van der Waals surface area contributed by atoms with Crippen molar-refractivity contribution in [2.45, 2.75) is 31.6 Å². The molecule has 2 aromatic carbocycles. The Morgan fingerprint density at radius 3 is 2.72 bits per heavy atom. The molecule has 4 heterocycles. The molecule has 7 nitrogen and oxygen atoms in total. The van der Waals surface area contributed by atoms with Crippen molar-refractivity contribution in [2.24, 2.45) is 0 Å². The number of furan rings is 1. The number of unbranched alkanes of at least 4 members (excludes halogenated alkanes) is 1. The average Bonchev–Trinajstić information content (AvgIpc) is 3.53. The van der Waals surface area contributed by atoms with Gasteiger partial charge in [-0.1, -0.05) is 5.16 Å². The first-order chi connectivity index (χ1) is 17.6. The summed E-state index contributed by atoms with van der Waals surface area (Å²) < 4.78 is 36.8. The molecular weight excluding hydrogens is 531 g/mol. The quantitative estimate of drug-likeness (QED) is 0.165. The van der Waals surface area contributed by atoms with E-state index in [1.807, 2.05) is 6.07 Å². The van der Waals surface area contributed by atoms with Gasteiger partial charge in [0, 0.05) is 38.7 Å². The SMILES string of the molecule is O=c1ccc2c(Br)c3ccoc3c(OCCCCN3CCC(c4noc5cc(F)ccc45)CC3)c2o1. The Bertz CT molecular complexity index is 1600. The van der Waals surface area contributed by atoms with Gasteiger partial charge < -0.3 is 23.0 Å². The first-order valence-electron chi connectivity index (χ1n) is 12.1. The molecule has 1 aliphatic rings. The predicted octanol–water partition coefficient (Wildman–Crippen LogP) is 6.62. The number of rotatable bonds is 7. The average molecular weight is 555 g/mol. The number of nitrogens with zero attached hydrogens (tertiary/aromatic N) is 2. The highest BCUT2D eigenvalue weighted by Gasteiger charge is 2.25. The summed E-state index contributed by atoms with van der Waals surface area (Å²) >= 11 is 3.58. The Morgan fingerprint density at radius 1 is 1.06 bits per heavy atom. The number of benzene rings is 2. The van der Waals surface area contributed by atoms with Crippen molar-refractivity contribution >= 4 is 48.8 Å². The van der Waals surface area contributed by atoms with Crippen LogP contribution in [0.3, 0.4) is 0 Å². The van der Waals surface area contributed by atoms with Gasteiger partial charge >= 0.3 is 5.63 Å². The number of aromatic nitrogens is 1. The second kappa shape index (κ2) is 9.71. The van der Waals surface area contributed by atoms with Gasteiger partial charge in [0.2, 0.25) is 5.75 Å². The zero-order valence-electron chi connectivity index (χ0n) is 19.5. The van der Waals surface area contributed by atoms with Crippen molar-refractivity contribution in [2.75, 3.05) is 26.2 Å². The number of ether oxygens (including phenoxy) is 1. The third-order valence-corrected chi connectivity index (χ3v) is 7.79. The van der Waals surface area contributed by atoms with Gasteiger partial charge in [0.05, 0.1) is 18.6 Å². The summed E-state index contributed by atoms with van der Waals surface area (Å²) in [4.78, 5) is 14.3. The fourth-order valence-corrected chi connectivity index (χ4v) is 5.69. The van der Waals surface area contributed by atoms with E-state index in [1.54, 1.807) is 18.4 Å². The van der Waals surface area contributed by atoms with Gasteiger partial charge in [-0.3, -0.25) is 0 Å². The molecule has 36 heavy (non-hydrogen) atoms. The van der Waals surface area contributed by atoms with Crippen molar-refractivity contribution in [3.05, 3.63) is 69.1 Å². The molecule has 3 aromatic heterocycles. The minimum atomic E-state index is -0.431. The number of hydrogen-bond acceptors (Lipinski definition) is 7. The van der Waals surface area contributed by atoms with Crippen molar-refractivity contribution in [3.63, 3.8) is 0 Å². The van der Waals surface area contributed by atoms with Crippen LogP contribution in [-0.2, 0) is 0 Å². The zero-order valence-corrected chi connectivity index (χ0v) is 21.1. The van der Waals surface area contributed by atoms with E-state index in [4.69, 9.17) is 18.1 Å². The number of fused-ring (bicyclic) bond motifs is 3. The monoisotopic (exact) mass is 554 g/mol. The van der Waals surface area contributed by atoms with Crippen molar-refractivity contribution in [3.8, 4) is 5.75 Å². The summed E-state index contributed by atoms with van der Waals surface area (Å²) in [5, 5.41) is 6.79. The van der Waals surface area contributed by atoms with Crippen LogP contribution in [0.15, 0.2) is 65.3 Å². The summed E-state index contributed by atoms with van der Waals surface area (Å²) in [6.45, 7) is 3.43. The normalized spacial score (nSPS) is 15.4. The van der Waals surface area contributed by atoms with Crippen molar-refractivity contribution in [1.82, 2.24) is 10.1 Å². The molecule has 1 aliphatic heterocycles. The van der Waals surface area contributed by atoms with Crippen molar-refractivity contribution < 1.29 is 22.5 Å². The molecule has 0 unspecified atom stereocenters. The van der Waals surface area contributed by atoms with Crippen LogP contribution < -0.4 is 10.4 Å². The van der Waals surface area contributed by atoms with Crippen LogP contribution in [0.25, 0.3) is 32.9 Å². The van der Waals surface area contributed by atoms with Gasteiger partial charge in [0.1, 0.15) is 5.82 Å². The van der Waals surface area contributed by atoms with Gasteiger partial charge in [-0.2, -0.15) is 0 Å². The second-order valence-electron chi connectivity index (χ2n) is 9.18. The van der Waals surface area contributed by atoms with Crippen molar-refractivity contribution in [1.29, 1.82) is 0 Å². The smallest absolute Gasteiger partial charge is 0.336 e. The van der Waals surface area contributed by atoms with Crippen LogP contribution in [0.5, 0.6) is 5.75 Å². The van der Waals surface area contributed by atoms with E-state index in [0.717, 1.165) is 71.6 Å². The maximum absolute atomic E-state index is 13.4. The summed E-state index contributed by atoms with van der Waals surface area (Å²) in [6, 6.07) is 9.61. The molecule has 5 aromatic rings. The lowest BCUT2D eigenvalue weighted by Gasteiger charge is -2.31. The highest BCUT2D eigenvalue weighted by atomic mass is 79.9. The van der Waals surface area contributed by atoms with Crippen LogP contribution in [0, 0.1) is 5.82 Å². The second-order valence-corrected chi connectivity index (χ2v) is 9.98. The molecule has 0 aliphatic carbocycles. The first-order valence-corrected chi connectivity index (χ1v) is 12.9. The van der Waals surface area contributed by atoms with Crippen LogP contribution in [0.2, 0.25) is 0 Å². The zero-order chi connectivity index (χ0) is 24.6. The predicted molar refractivity (Wildman–Crippen MR) is 137 cm³/mol. The largest absolute Gasteiger partial charge is 0.486 e. The number of halogens is 2. The Labute approximate surface area is 213 Å². The highest BCUT2D eigenvalue weighted by molar-refractivity contribution is 9.10. The molecule has 0 bridgehead atoms. The molecule has 9 heteroatoms. The number of hydrogen-bond donors (Lipinski definition) is 0. The number of piperidine rings is 1. The molecule has 0 N–H and O–H groups in total. The fraction of sp³-hybridized carbons (Fsp3) is 0.333. The van der Waals surface area contributed by atoms with E-state index in [1.165, 1.54) is 18.2 Å². The Morgan fingerprint density at radius 2 is 1.86 bits per heavy atom. The van der Waals surface area contributed by atoms with Gasteiger partial charge in [-0.15, -0.1) is 0 Å². The van der Waals surface area contributed by atoms with E-state index in [2.05, 4.69) is 26.0 Å². The molecule has 186 valence electrons. The summed E-state index contributed by atoms with van der Waals surface area (Å²) in [5.74, 6) is 0.481. The fourth-order valence-electron chi connectivity index (χ4n) is 5.06. The van der Waals surface area contributed by atoms with Gasteiger partial charge in [0.15, 0.2) is 16.7 Å². The number of likely N-dealkylation sites (tertiary alicyclic amines) is 1. The Balaban J connectivity index is 1.03. The van der Waals surface area contributed by atoms with Gasteiger partial charge in [-0.05, 0) is 85.5 Å².